The summed E-state index contributed by atoms with van der Waals surface area (Å²) in [5.74, 6) is 0. The Morgan fingerprint density at radius 1 is 1.15 bits per heavy atom. The zero-order valence-corrected chi connectivity index (χ0v) is 9.80. The van der Waals surface area contributed by atoms with Crippen molar-refractivity contribution in [1.82, 2.24) is 0 Å². The Morgan fingerprint density at radius 3 is 2.15 bits per heavy atom. The van der Waals surface area contributed by atoms with Crippen molar-refractivity contribution >= 4 is 35.0 Å². The van der Waals surface area contributed by atoms with Gasteiger partial charge in [-0.05, 0) is 38.1 Å². The number of hydrogen-bond donors (Lipinski definition) is 0. The molecule has 0 saturated heterocycles. The van der Waals surface area contributed by atoms with Gasteiger partial charge in [0, 0.05) is 19.9 Å². The summed E-state index contributed by atoms with van der Waals surface area (Å²) in [6.07, 6.45) is 0. The third-order valence-corrected chi connectivity index (χ3v) is 3.34. The Morgan fingerprint density at radius 2 is 1.69 bits per heavy atom. The molecule has 0 fully saturated rings. The van der Waals surface area contributed by atoms with Crippen molar-refractivity contribution in [2.45, 2.75) is 18.7 Å². The fraction of sp³-hybridized carbons (Fsp3) is 0.200. The van der Waals surface area contributed by atoms with E-state index in [1.54, 1.807) is 11.8 Å². The molecule has 0 nitrogen and oxygen atoms in total. The number of benzene rings is 1. The summed E-state index contributed by atoms with van der Waals surface area (Å²) < 4.78 is 0. The third kappa shape index (κ3) is 3.63. The normalized spacial score (nSPS) is 12.6. The SMILES string of the molecule is C/C(Cl)=C(/C)Sc1ccc(Cl)cc1. The van der Waals surface area contributed by atoms with Crippen LogP contribution in [0.25, 0.3) is 0 Å². The summed E-state index contributed by atoms with van der Waals surface area (Å²) >= 11 is 13.3. The number of allylic oxidation sites excluding steroid dienone is 2. The van der Waals surface area contributed by atoms with Crippen molar-refractivity contribution in [3.05, 3.63) is 39.2 Å². The molecule has 1 aromatic carbocycles. The molecule has 0 saturated carbocycles. The Hall–Kier alpha value is -0.110. The van der Waals surface area contributed by atoms with Gasteiger partial charge in [-0.15, -0.1) is 0 Å². The molecule has 0 aromatic heterocycles. The third-order valence-electron chi connectivity index (χ3n) is 1.57. The first kappa shape index (κ1) is 11.0. The molecule has 0 N–H and O–H groups in total. The van der Waals surface area contributed by atoms with E-state index in [0.717, 1.165) is 19.9 Å². The molecule has 0 bridgehead atoms. The van der Waals surface area contributed by atoms with Gasteiger partial charge >= 0.3 is 0 Å². The van der Waals surface area contributed by atoms with Crippen LogP contribution in [0.1, 0.15) is 13.8 Å². The van der Waals surface area contributed by atoms with Gasteiger partial charge in [0.05, 0.1) is 0 Å². The molecule has 0 radical (unpaired) electrons. The molecule has 0 aliphatic carbocycles. The van der Waals surface area contributed by atoms with E-state index in [9.17, 15) is 0 Å². The van der Waals surface area contributed by atoms with E-state index in [2.05, 4.69) is 0 Å². The monoisotopic (exact) mass is 232 g/mol. The van der Waals surface area contributed by atoms with Gasteiger partial charge in [0.15, 0.2) is 0 Å². The van der Waals surface area contributed by atoms with Crippen LogP contribution in [0.2, 0.25) is 5.02 Å². The smallest absolute Gasteiger partial charge is 0.0406 e. The maximum Gasteiger partial charge on any atom is 0.0406 e. The van der Waals surface area contributed by atoms with Crippen LogP contribution in [-0.4, -0.2) is 0 Å². The molecule has 0 unspecified atom stereocenters. The van der Waals surface area contributed by atoms with E-state index in [-0.39, 0.29) is 0 Å². The Bertz CT molecular complexity index is 310. The van der Waals surface area contributed by atoms with E-state index in [0.29, 0.717) is 0 Å². The van der Waals surface area contributed by atoms with Gasteiger partial charge in [-0.1, -0.05) is 35.0 Å². The van der Waals surface area contributed by atoms with Gasteiger partial charge in [-0.25, -0.2) is 0 Å². The predicted octanol–water partition coefficient (Wildman–Crippen LogP) is 4.92. The molecule has 3 heteroatoms. The van der Waals surface area contributed by atoms with Crippen LogP contribution in [0, 0.1) is 0 Å². The molecule has 0 aliphatic rings. The lowest BCUT2D eigenvalue weighted by Gasteiger charge is -2.02. The van der Waals surface area contributed by atoms with Crippen LogP contribution in [0.5, 0.6) is 0 Å². The predicted molar refractivity (Wildman–Crippen MR) is 61.5 cm³/mol. The van der Waals surface area contributed by atoms with Crippen LogP contribution in [-0.2, 0) is 0 Å². The molecular weight excluding hydrogens is 223 g/mol. The molecule has 70 valence electrons. The lowest BCUT2D eigenvalue weighted by Crippen LogP contribution is -1.73. The number of rotatable bonds is 2. The summed E-state index contributed by atoms with van der Waals surface area (Å²) in [7, 11) is 0. The summed E-state index contributed by atoms with van der Waals surface area (Å²) in [5.41, 5.74) is 0. The standard InChI is InChI=1S/C10H10Cl2S/c1-7(11)8(2)13-10-5-3-9(12)4-6-10/h3-6H,1-2H3/b8-7+. The molecule has 13 heavy (non-hydrogen) atoms. The van der Waals surface area contributed by atoms with Gasteiger partial charge in [0.2, 0.25) is 0 Å². The fourth-order valence-electron chi connectivity index (χ4n) is 0.750. The maximum absolute atomic E-state index is 5.84. The second-order valence-corrected chi connectivity index (χ2v) is 4.94. The van der Waals surface area contributed by atoms with Gasteiger partial charge in [-0.3, -0.25) is 0 Å². The fourth-order valence-corrected chi connectivity index (χ4v) is 1.76. The average molecular weight is 233 g/mol. The molecule has 0 spiro atoms. The molecule has 0 aliphatic heterocycles. The molecule has 1 aromatic rings. The topological polar surface area (TPSA) is 0 Å². The first-order chi connectivity index (χ1) is 6.09. The Kier molecular flexibility index (Phi) is 4.17. The van der Waals surface area contributed by atoms with Crippen LogP contribution >= 0.6 is 35.0 Å². The zero-order valence-electron chi connectivity index (χ0n) is 7.47. The highest BCUT2D eigenvalue weighted by molar-refractivity contribution is 8.03. The number of halogens is 2. The highest BCUT2D eigenvalue weighted by atomic mass is 35.5. The van der Waals surface area contributed by atoms with Crippen LogP contribution in [0.3, 0.4) is 0 Å². The van der Waals surface area contributed by atoms with Gasteiger partial charge in [-0.2, -0.15) is 0 Å². The van der Waals surface area contributed by atoms with Crippen molar-refractivity contribution < 1.29 is 0 Å². The van der Waals surface area contributed by atoms with Crippen molar-refractivity contribution in [3.63, 3.8) is 0 Å². The Labute approximate surface area is 92.9 Å². The first-order valence-corrected chi connectivity index (χ1v) is 5.43. The second kappa shape index (κ2) is 4.94. The molecule has 0 amide bonds. The van der Waals surface area contributed by atoms with Crippen LogP contribution in [0.4, 0.5) is 0 Å². The maximum atomic E-state index is 5.84. The minimum atomic E-state index is 0.758. The van der Waals surface area contributed by atoms with E-state index in [1.807, 2.05) is 38.1 Å². The van der Waals surface area contributed by atoms with Crippen molar-refractivity contribution in [2.75, 3.05) is 0 Å². The van der Waals surface area contributed by atoms with E-state index >= 15 is 0 Å². The van der Waals surface area contributed by atoms with Gasteiger partial charge < -0.3 is 0 Å². The van der Waals surface area contributed by atoms with Crippen molar-refractivity contribution in [3.8, 4) is 0 Å². The second-order valence-electron chi connectivity index (χ2n) is 2.65. The molecule has 0 atom stereocenters. The zero-order chi connectivity index (χ0) is 9.84. The molecular formula is C10H10Cl2S. The van der Waals surface area contributed by atoms with E-state index < -0.39 is 0 Å². The van der Waals surface area contributed by atoms with Crippen LogP contribution in [0.15, 0.2) is 39.1 Å². The minimum absolute atomic E-state index is 0.758. The summed E-state index contributed by atoms with van der Waals surface area (Å²) in [6.45, 7) is 3.89. The number of hydrogen-bond acceptors (Lipinski definition) is 1. The summed E-state index contributed by atoms with van der Waals surface area (Å²) in [6, 6.07) is 7.72. The minimum Gasteiger partial charge on any atom is -0.0937 e. The average Bonchev–Trinajstić information content (AvgIpc) is 2.08. The van der Waals surface area contributed by atoms with E-state index in [1.165, 1.54) is 0 Å². The highest BCUT2D eigenvalue weighted by Gasteiger charge is 1.97. The summed E-state index contributed by atoms with van der Waals surface area (Å²) in [5, 5.41) is 1.59. The Balaban J connectivity index is 2.76. The quantitative estimate of drug-likeness (QED) is 0.653. The first-order valence-electron chi connectivity index (χ1n) is 3.86. The lowest BCUT2D eigenvalue weighted by atomic mass is 10.4. The molecule has 1 rings (SSSR count). The number of thioether (sulfide) groups is 1. The van der Waals surface area contributed by atoms with Crippen molar-refractivity contribution in [1.29, 1.82) is 0 Å². The van der Waals surface area contributed by atoms with E-state index in [4.69, 9.17) is 23.2 Å². The summed E-state index contributed by atoms with van der Waals surface area (Å²) in [4.78, 5) is 2.27. The van der Waals surface area contributed by atoms with Gasteiger partial charge in [0.1, 0.15) is 0 Å². The molecule has 0 heterocycles. The van der Waals surface area contributed by atoms with Gasteiger partial charge in [0.25, 0.3) is 0 Å². The van der Waals surface area contributed by atoms with Crippen LogP contribution < -0.4 is 0 Å². The lowest BCUT2D eigenvalue weighted by molar-refractivity contribution is 1.45. The van der Waals surface area contributed by atoms with Crippen molar-refractivity contribution in [2.24, 2.45) is 0 Å². The largest absolute Gasteiger partial charge is 0.0937 e. The highest BCUT2D eigenvalue weighted by Crippen LogP contribution is 2.30.